The molecule has 8 nitrogen and oxygen atoms in total. The second-order valence-corrected chi connectivity index (χ2v) is 13.4. The molecule has 2 N–H and O–H groups in total. The first-order chi connectivity index (χ1) is 17.7. The zero-order valence-electron chi connectivity index (χ0n) is 22.3. The maximum absolute atomic E-state index is 13.1. The second kappa shape index (κ2) is 9.87. The summed E-state index contributed by atoms with van der Waals surface area (Å²) < 4.78 is 26.2. The van der Waals surface area contributed by atoms with Crippen LogP contribution in [0.4, 0.5) is 0 Å². The van der Waals surface area contributed by atoms with Gasteiger partial charge in [0.1, 0.15) is 22.5 Å². The average Bonchev–Trinajstić information content (AvgIpc) is 3.25. The van der Waals surface area contributed by atoms with Crippen LogP contribution in [0.25, 0.3) is 16.7 Å². The van der Waals surface area contributed by atoms with Crippen LogP contribution in [0.5, 0.6) is 5.75 Å². The summed E-state index contributed by atoms with van der Waals surface area (Å²) in [5.74, 6) is -0.902. The Morgan fingerprint density at radius 3 is 2.18 bits per heavy atom. The second-order valence-electron chi connectivity index (χ2n) is 11.5. The van der Waals surface area contributed by atoms with E-state index < -0.39 is 21.2 Å². The molecule has 0 unspecified atom stereocenters. The number of aliphatic carboxylic acids is 1. The van der Waals surface area contributed by atoms with E-state index in [0.717, 1.165) is 12.0 Å². The number of nitrogens with zero attached hydrogens (tertiary/aromatic N) is 3. The van der Waals surface area contributed by atoms with E-state index in [9.17, 15) is 23.4 Å². The van der Waals surface area contributed by atoms with E-state index in [1.807, 2.05) is 19.9 Å². The van der Waals surface area contributed by atoms with E-state index in [1.165, 1.54) is 29.1 Å². The standard InChI is InChI=1S/C29H33N3O5S/c1-28(2,3)18-29(4,5)22-15-19(11-14-26(33)34)16-25(27(22)35)32-30-23-13-12-21(17-24(23)31-32)38(36,37)20-9-7-6-8-10-20/h6-10,12-13,15-17,35H,11,14,18H2,1-5H3,(H,33,34). The highest BCUT2D eigenvalue weighted by molar-refractivity contribution is 7.91. The van der Waals surface area contributed by atoms with Crippen LogP contribution in [0.1, 0.15) is 58.6 Å². The lowest BCUT2D eigenvalue weighted by Gasteiger charge is -2.34. The SMILES string of the molecule is CC(C)(C)CC(C)(C)c1cc(CCC(=O)O)cc(-n2nc3ccc(S(=O)(=O)c4ccccc4)cc3n2)c1O. The highest BCUT2D eigenvalue weighted by Crippen LogP contribution is 2.43. The molecule has 1 heterocycles. The van der Waals surface area contributed by atoms with Crippen molar-refractivity contribution in [3.05, 3.63) is 71.8 Å². The van der Waals surface area contributed by atoms with Gasteiger partial charge in [-0.25, -0.2) is 8.42 Å². The number of aryl methyl sites for hydroxylation is 1. The molecule has 0 amide bonds. The smallest absolute Gasteiger partial charge is 0.303 e. The van der Waals surface area contributed by atoms with Crippen molar-refractivity contribution < 1.29 is 23.4 Å². The van der Waals surface area contributed by atoms with E-state index in [4.69, 9.17) is 0 Å². The molecule has 0 spiro atoms. The maximum Gasteiger partial charge on any atom is 0.303 e. The number of hydrogen-bond donors (Lipinski definition) is 2. The topological polar surface area (TPSA) is 122 Å². The van der Waals surface area contributed by atoms with Gasteiger partial charge in [0.05, 0.1) is 9.79 Å². The fourth-order valence-corrected chi connectivity index (χ4v) is 6.37. The van der Waals surface area contributed by atoms with Crippen LogP contribution in [0.2, 0.25) is 0 Å². The molecule has 4 aromatic rings. The molecule has 0 aliphatic carbocycles. The number of aromatic nitrogens is 3. The number of phenolic OH excluding ortho intramolecular Hbond substituents is 1. The van der Waals surface area contributed by atoms with Crippen molar-refractivity contribution in [1.82, 2.24) is 15.0 Å². The molecule has 0 saturated heterocycles. The fraction of sp³-hybridized carbons (Fsp3) is 0.345. The molecule has 1 aromatic heterocycles. The Hall–Kier alpha value is -3.72. The third kappa shape index (κ3) is 5.72. The molecule has 4 rings (SSSR count). The van der Waals surface area contributed by atoms with Gasteiger partial charge in [-0.3, -0.25) is 4.79 Å². The van der Waals surface area contributed by atoms with Crippen LogP contribution in [-0.4, -0.2) is 39.6 Å². The minimum absolute atomic E-state index is 0.00996. The number of benzene rings is 3. The van der Waals surface area contributed by atoms with Crippen LogP contribution in [0.15, 0.2) is 70.5 Å². The number of rotatable bonds is 8. The lowest BCUT2D eigenvalue weighted by molar-refractivity contribution is -0.136. The van der Waals surface area contributed by atoms with Gasteiger partial charge in [0.25, 0.3) is 0 Å². The van der Waals surface area contributed by atoms with Gasteiger partial charge in [-0.1, -0.05) is 58.9 Å². The summed E-state index contributed by atoms with van der Waals surface area (Å²) in [4.78, 5) is 12.8. The van der Waals surface area contributed by atoms with E-state index in [2.05, 4.69) is 31.0 Å². The summed E-state index contributed by atoms with van der Waals surface area (Å²) >= 11 is 0. The van der Waals surface area contributed by atoms with Crippen molar-refractivity contribution in [1.29, 1.82) is 0 Å². The third-order valence-electron chi connectivity index (χ3n) is 6.41. The highest BCUT2D eigenvalue weighted by Gasteiger charge is 2.31. The molecule has 0 aliphatic rings. The Labute approximate surface area is 222 Å². The van der Waals surface area contributed by atoms with Crippen molar-refractivity contribution in [2.75, 3.05) is 0 Å². The Kier molecular flexibility index (Phi) is 7.09. The molecule has 0 bridgehead atoms. The molecule has 9 heteroatoms. The molecule has 3 aromatic carbocycles. The van der Waals surface area contributed by atoms with Crippen LogP contribution >= 0.6 is 0 Å². The van der Waals surface area contributed by atoms with E-state index in [1.54, 1.807) is 30.3 Å². The summed E-state index contributed by atoms with van der Waals surface area (Å²) in [5, 5.41) is 29.7. The van der Waals surface area contributed by atoms with Crippen molar-refractivity contribution in [3.8, 4) is 11.4 Å². The molecule has 0 atom stereocenters. The molecule has 0 fully saturated rings. The summed E-state index contributed by atoms with van der Waals surface area (Å²) in [7, 11) is -3.74. The normalized spacial score (nSPS) is 12.7. The Morgan fingerprint density at radius 2 is 1.55 bits per heavy atom. The van der Waals surface area contributed by atoms with Gasteiger partial charge in [0.2, 0.25) is 9.84 Å². The number of carboxylic acid groups (broad SMARTS) is 1. The van der Waals surface area contributed by atoms with Crippen molar-refractivity contribution in [2.24, 2.45) is 5.41 Å². The van der Waals surface area contributed by atoms with Crippen LogP contribution in [0.3, 0.4) is 0 Å². The quantitative estimate of drug-likeness (QED) is 0.297. The predicted octanol–water partition coefficient (Wildman–Crippen LogP) is 5.69. The zero-order valence-corrected chi connectivity index (χ0v) is 23.1. The van der Waals surface area contributed by atoms with Gasteiger partial charge >= 0.3 is 5.97 Å². The molecule has 0 saturated carbocycles. The summed E-state index contributed by atoms with van der Waals surface area (Å²) in [5.41, 5.74) is 2.10. The average molecular weight is 536 g/mol. The van der Waals surface area contributed by atoms with Crippen molar-refractivity contribution in [3.63, 3.8) is 0 Å². The first-order valence-electron chi connectivity index (χ1n) is 12.4. The number of hydrogen-bond acceptors (Lipinski definition) is 6. The Balaban J connectivity index is 1.83. The summed E-state index contributed by atoms with van der Waals surface area (Å²) in [6.45, 7) is 10.5. The summed E-state index contributed by atoms with van der Waals surface area (Å²) in [6.07, 6.45) is 0.991. The van der Waals surface area contributed by atoms with Gasteiger partial charge in [-0.05, 0) is 65.6 Å². The van der Waals surface area contributed by atoms with Crippen LogP contribution < -0.4 is 0 Å². The van der Waals surface area contributed by atoms with Gasteiger partial charge in [0, 0.05) is 12.0 Å². The maximum atomic E-state index is 13.1. The zero-order chi connectivity index (χ0) is 27.9. The lowest BCUT2D eigenvalue weighted by atomic mass is 9.71. The van der Waals surface area contributed by atoms with Gasteiger partial charge in [-0.2, -0.15) is 0 Å². The third-order valence-corrected chi connectivity index (χ3v) is 8.18. The monoisotopic (exact) mass is 535 g/mol. The van der Waals surface area contributed by atoms with E-state index in [-0.39, 0.29) is 33.8 Å². The predicted molar refractivity (Wildman–Crippen MR) is 145 cm³/mol. The van der Waals surface area contributed by atoms with Gasteiger partial charge in [-0.15, -0.1) is 15.0 Å². The molecule has 38 heavy (non-hydrogen) atoms. The molecular weight excluding hydrogens is 502 g/mol. The fourth-order valence-electron chi connectivity index (χ4n) is 5.07. The molecular formula is C29H33N3O5S. The molecule has 200 valence electrons. The first-order valence-corrected chi connectivity index (χ1v) is 13.9. The minimum atomic E-state index is -3.74. The lowest BCUT2D eigenvalue weighted by Crippen LogP contribution is -2.25. The van der Waals surface area contributed by atoms with E-state index >= 15 is 0 Å². The van der Waals surface area contributed by atoms with Crippen LogP contribution in [-0.2, 0) is 26.5 Å². The number of phenols is 1. The van der Waals surface area contributed by atoms with Crippen molar-refractivity contribution >= 4 is 26.8 Å². The Bertz CT molecular complexity index is 1600. The molecule has 0 aliphatic heterocycles. The largest absolute Gasteiger partial charge is 0.505 e. The molecule has 0 radical (unpaired) electrons. The number of aromatic hydroxyl groups is 1. The van der Waals surface area contributed by atoms with Crippen molar-refractivity contribution in [2.45, 2.75) is 69.1 Å². The summed E-state index contributed by atoms with van der Waals surface area (Å²) in [6, 6.07) is 16.3. The number of carboxylic acids is 1. The first kappa shape index (κ1) is 27.3. The minimum Gasteiger partial charge on any atom is -0.505 e. The van der Waals surface area contributed by atoms with Gasteiger partial charge in [0.15, 0.2) is 0 Å². The van der Waals surface area contributed by atoms with E-state index in [0.29, 0.717) is 22.3 Å². The van der Waals surface area contributed by atoms with Gasteiger partial charge < -0.3 is 10.2 Å². The number of fused-ring (bicyclic) bond motifs is 1. The number of sulfone groups is 1. The van der Waals surface area contributed by atoms with Crippen LogP contribution in [0, 0.1) is 5.41 Å². The number of carbonyl (C=O) groups is 1. The highest BCUT2D eigenvalue weighted by atomic mass is 32.2. The Morgan fingerprint density at radius 1 is 0.895 bits per heavy atom.